The predicted molar refractivity (Wildman–Crippen MR) is 123 cm³/mol. The summed E-state index contributed by atoms with van der Waals surface area (Å²) in [6, 6.07) is 13.1. The van der Waals surface area contributed by atoms with E-state index < -0.39 is 0 Å². The fraction of sp³-hybridized carbons (Fsp3) is 0.522. The molecule has 1 aliphatic heterocycles. The van der Waals surface area contributed by atoms with Crippen molar-refractivity contribution >= 4 is 17.3 Å². The van der Waals surface area contributed by atoms with Crippen LogP contribution in [0.2, 0.25) is 0 Å². The molecule has 1 saturated heterocycles. The summed E-state index contributed by atoms with van der Waals surface area (Å²) in [4.78, 5) is 8.28. The van der Waals surface area contributed by atoms with Gasteiger partial charge in [-0.05, 0) is 41.8 Å². The van der Waals surface area contributed by atoms with Crippen LogP contribution in [0, 0.1) is 5.92 Å². The van der Waals surface area contributed by atoms with Gasteiger partial charge in [-0.25, -0.2) is 0 Å². The van der Waals surface area contributed by atoms with Gasteiger partial charge in [0.2, 0.25) is 0 Å². The van der Waals surface area contributed by atoms with Crippen molar-refractivity contribution in [3.63, 3.8) is 0 Å². The molecule has 5 nitrogen and oxygen atoms in total. The Morgan fingerprint density at radius 2 is 2.14 bits per heavy atom. The lowest BCUT2D eigenvalue weighted by atomic mass is 10.1. The molecule has 1 fully saturated rings. The monoisotopic (exact) mass is 414 g/mol. The fourth-order valence-electron chi connectivity index (χ4n) is 3.65. The summed E-state index contributed by atoms with van der Waals surface area (Å²) >= 11 is 1.83. The third kappa shape index (κ3) is 7.46. The summed E-state index contributed by atoms with van der Waals surface area (Å²) in [6.07, 6.45) is 1.43. The van der Waals surface area contributed by atoms with Crippen molar-refractivity contribution < 1.29 is 4.74 Å². The van der Waals surface area contributed by atoms with Crippen LogP contribution in [0.3, 0.4) is 0 Å². The SMILES string of the molecule is CN=C(NCc1cccc(CN2CCOC(C)C2)c1)NCC(C)Cc1cccs1. The molecule has 0 spiro atoms. The summed E-state index contributed by atoms with van der Waals surface area (Å²) in [6.45, 7) is 9.92. The third-order valence-corrected chi connectivity index (χ3v) is 6.05. The Bertz CT molecular complexity index is 762. The molecule has 1 aliphatic rings. The van der Waals surface area contributed by atoms with Crippen LogP contribution in [0.15, 0.2) is 46.8 Å². The van der Waals surface area contributed by atoms with E-state index in [9.17, 15) is 0 Å². The van der Waals surface area contributed by atoms with Crippen molar-refractivity contribution in [3.05, 3.63) is 57.8 Å². The largest absolute Gasteiger partial charge is 0.376 e. The zero-order valence-corrected chi connectivity index (χ0v) is 18.7. The number of guanidine groups is 1. The van der Waals surface area contributed by atoms with Crippen LogP contribution < -0.4 is 10.6 Å². The Hall–Kier alpha value is -1.89. The minimum atomic E-state index is 0.324. The smallest absolute Gasteiger partial charge is 0.191 e. The van der Waals surface area contributed by atoms with Gasteiger partial charge < -0.3 is 15.4 Å². The van der Waals surface area contributed by atoms with E-state index >= 15 is 0 Å². The van der Waals surface area contributed by atoms with Gasteiger partial charge in [-0.15, -0.1) is 11.3 Å². The maximum atomic E-state index is 5.64. The summed E-state index contributed by atoms with van der Waals surface area (Å²) in [5, 5.41) is 9.05. The summed E-state index contributed by atoms with van der Waals surface area (Å²) in [5.74, 6) is 1.42. The summed E-state index contributed by atoms with van der Waals surface area (Å²) in [5.41, 5.74) is 2.63. The van der Waals surface area contributed by atoms with Gasteiger partial charge in [-0.3, -0.25) is 9.89 Å². The molecule has 2 atom stereocenters. The standard InChI is InChI=1S/C23H34N4OS/c1-18(12-22-8-5-11-29-22)14-25-23(24-3)26-15-20-6-4-7-21(13-20)17-27-9-10-28-19(2)16-27/h4-8,11,13,18-19H,9-10,12,14-17H2,1-3H3,(H2,24,25,26). The van der Waals surface area contributed by atoms with Gasteiger partial charge in [-0.2, -0.15) is 0 Å². The van der Waals surface area contributed by atoms with E-state index in [0.717, 1.165) is 51.7 Å². The van der Waals surface area contributed by atoms with Crippen molar-refractivity contribution in [2.24, 2.45) is 10.9 Å². The highest BCUT2D eigenvalue weighted by Gasteiger charge is 2.16. The first-order valence-electron chi connectivity index (χ1n) is 10.5. The van der Waals surface area contributed by atoms with Gasteiger partial charge >= 0.3 is 0 Å². The van der Waals surface area contributed by atoms with Gasteiger partial charge in [0, 0.05) is 44.6 Å². The molecule has 3 rings (SSSR count). The lowest BCUT2D eigenvalue weighted by Crippen LogP contribution is -2.40. The van der Waals surface area contributed by atoms with E-state index in [1.54, 1.807) is 0 Å². The highest BCUT2D eigenvalue weighted by atomic mass is 32.1. The molecule has 0 radical (unpaired) electrons. The van der Waals surface area contributed by atoms with Crippen molar-refractivity contribution in [2.75, 3.05) is 33.3 Å². The first-order valence-corrected chi connectivity index (χ1v) is 11.4. The number of benzene rings is 1. The number of nitrogens with zero attached hydrogens (tertiary/aromatic N) is 2. The first kappa shape index (κ1) is 21.8. The second-order valence-electron chi connectivity index (χ2n) is 7.93. The zero-order chi connectivity index (χ0) is 20.5. The minimum Gasteiger partial charge on any atom is -0.376 e. The fourth-order valence-corrected chi connectivity index (χ4v) is 4.52. The molecule has 0 saturated carbocycles. The molecule has 2 unspecified atom stereocenters. The highest BCUT2D eigenvalue weighted by molar-refractivity contribution is 7.09. The third-order valence-electron chi connectivity index (χ3n) is 5.15. The number of morpholine rings is 1. The van der Waals surface area contributed by atoms with Gasteiger partial charge in [0.1, 0.15) is 0 Å². The normalized spacial score (nSPS) is 19.1. The quantitative estimate of drug-likeness (QED) is 0.513. The molecule has 0 amide bonds. The van der Waals surface area contributed by atoms with Crippen LogP contribution >= 0.6 is 11.3 Å². The molecule has 2 N–H and O–H groups in total. The van der Waals surface area contributed by atoms with E-state index in [1.165, 1.54) is 16.0 Å². The Balaban J connectivity index is 1.44. The molecule has 29 heavy (non-hydrogen) atoms. The van der Waals surface area contributed by atoms with Crippen LogP contribution in [-0.2, 0) is 24.2 Å². The van der Waals surface area contributed by atoms with Crippen LogP contribution in [0.25, 0.3) is 0 Å². The number of nitrogens with one attached hydrogen (secondary N) is 2. The zero-order valence-electron chi connectivity index (χ0n) is 17.9. The number of rotatable bonds is 8. The molecule has 2 heterocycles. The highest BCUT2D eigenvalue weighted by Crippen LogP contribution is 2.14. The van der Waals surface area contributed by atoms with Gasteiger partial charge in [0.05, 0.1) is 12.7 Å². The summed E-state index contributed by atoms with van der Waals surface area (Å²) < 4.78 is 5.64. The average molecular weight is 415 g/mol. The summed E-state index contributed by atoms with van der Waals surface area (Å²) in [7, 11) is 1.83. The molecule has 158 valence electrons. The number of ether oxygens (including phenoxy) is 1. The second-order valence-corrected chi connectivity index (χ2v) is 8.96. The van der Waals surface area contributed by atoms with E-state index in [-0.39, 0.29) is 0 Å². The number of hydrogen-bond donors (Lipinski definition) is 2. The van der Waals surface area contributed by atoms with Crippen LogP contribution in [0.4, 0.5) is 0 Å². The van der Waals surface area contributed by atoms with Gasteiger partial charge in [-0.1, -0.05) is 37.3 Å². The molecule has 1 aromatic carbocycles. The maximum Gasteiger partial charge on any atom is 0.191 e. The molecular formula is C23H34N4OS. The van der Waals surface area contributed by atoms with Crippen LogP contribution in [-0.4, -0.2) is 50.3 Å². The van der Waals surface area contributed by atoms with Crippen molar-refractivity contribution in [1.82, 2.24) is 15.5 Å². The Morgan fingerprint density at radius 3 is 2.90 bits per heavy atom. The Labute approximate surface area is 179 Å². The Kier molecular flexibility index (Phi) is 8.52. The molecule has 0 aliphatic carbocycles. The van der Waals surface area contributed by atoms with Gasteiger partial charge in [0.15, 0.2) is 5.96 Å². The van der Waals surface area contributed by atoms with Crippen LogP contribution in [0.5, 0.6) is 0 Å². The number of thiophene rings is 1. The lowest BCUT2D eigenvalue weighted by Gasteiger charge is -2.31. The Morgan fingerprint density at radius 1 is 1.28 bits per heavy atom. The predicted octanol–water partition coefficient (Wildman–Crippen LogP) is 3.51. The van der Waals surface area contributed by atoms with E-state index in [0.29, 0.717) is 12.0 Å². The second kappa shape index (κ2) is 11.3. The number of aliphatic imine (C=N–C) groups is 1. The number of hydrogen-bond acceptors (Lipinski definition) is 4. The van der Waals surface area contributed by atoms with Crippen molar-refractivity contribution in [2.45, 2.75) is 39.5 Å². The van der Waals surface area contributed by atoms with Crippen LogP contribution in [0.1, 0.15) is 29.9 Å². The maximum absolute atomic E-state index is 5.64. The average Bonchev–Trinajstić information content (AvgIpc) is 3.21. The van der Waals surface area contributed by atoms with E-state index in [1.807, 2.05) is 18.4 Å². The van der Waals surface area contributed by atoms with Crippen molar-refractivity contribution in [3.8, 4) is 0 Å². The molecule has 0 bridgehead atoms. The lowest BCUT2D eigenvalue weighted by molar-refractivity contribution is -0.0212. The van der Waals surface area contributed by atoms with Crippen molar-refractivity contribution in [1.29, 1.82) is 0 Å². The van der Waals surface area contributed by atoms with E-state index in [4.69, 9.17) is 4.74 Å². The molecular weight excluding hydrogens is 380 g/mol. The molecule has 1 aromatic heterocycles. The topological polar surface area (TPSA) is 48.9 Å². The molecule has 2 aromatic rings. The van der Waals surface area contributed by atoms with Gasteiger partial charge in [0.25, 0.3) is 0 Å². The first-order chi connectivity index (χ1) is 14.1. The minimum absolute atomic E-state index is 0.324. The molecule has 6 heteroatoms. The van der Waals surface area contributed by atoms with E-state index in [2.05, 4.69) is 76.2 Å².